The summed E-state index contributed by atoms with van der Waals surface area (Å²) in [6, 6.07) is 0.317. The van der Waals surface area contributed by atoms with Crippen LogP contribution in [0.2, 0.25) is 0 Å². The van der Waals surface area contributed by atoms with Gasteiger partial charge in [0, 0.05) is 25.6 Å². The Hall–Kier alpha value is -0.610. The predicted molar refractivity (Wildman–Crippen MR) is 64.4 cm³/mol. The van der Waals surface area contributed by atoms with E-state index in [4.69, 9.17) is 15.9 Å². The van der Waals surface area contributed by atoms with Crippen molar-refractivity contribution < 1.29 is 4.74 Å². The number of nitrogens with zero attached hydrogens (tertiary/aromatic N) is 1. The molecule has 15 heavy (non-hydrogen) atoms. The number of rotatable bonds is 9. The standard InChI is InChI=1S/C11H25N3O/c1-4-5-7-15-8-6-14(3)10(2)9-11(12)13/h10H,4-9H2,1-3H3,(H3,12,13). The number of nitrogens with two attached hydrogens (primary N) is 1. The highest BCUT2D eigenvalue weighted by Crippen LogP contribution is 2.00. The second-order valence-corrected chi connectivity index (χ2v) is 4.02. The first-order chi connectivity index (χ1) is 7.07. The van der Waals surface area contributed by atoms with Crippen LogP contribution >= 0.6 is 0 Å². The number of amidine groups is 1. The van der Waals surface area contributed by atoms with Crippen molar-refractivity contribution in [2.45, 2.75) is 39.2 Å². The molecule has 0 saturated heterocycles. The molecule has 0 aromatic heterocycles. The Labute approximate surface area is 93.3 Å². The summed E-state index contributed by atoms with van der Waals surface area (Å²) >= 11 is 0. The molecule has 3 N–H and O–H groups in total. The van der Waals surface area contributed by atoms with Crippen molar-refractivity contribution in [3.05, 3.63) is 0 Å². The van der Waals surface area contributed by atoms with Crippen molar-refractivity contribution in [1.82, 2.24) is 4.90 Å². The zero-order valence-electron chi connectivity index (χ0n) is 10.3. The molecule has 0 fully saturated rings. The van der Waals surface area contributed by atoms with E-state index in [1.165, 1.54) is 6.42 Å². The number of hydrogen-bond acceptors (Lipinski definition) is 3. The van der Waals surface area contributed by atoms with Gasteiger partial charge in [-0.1, -0.05) is 13.3 Å². The molecular weight excluding hydrogens is 190 g/mol. The van der Waals surface area contributed by atoms with E-state index < -0.39 is 0 Å². The maximum atomic E-state index is 7.21. The fraction of sp³-hybridized carbons (Fsp3) is 0.909. The maximum absolute atomic E-state index is 7.21. The zero-order valence-corrected chi connectivity index (χ0v) is 10.3. The van der Waals surface area contributed by atoms with E-state index in [9.17, 15) is 0 Å². The highest BCUT2D eigenvalue weighted by molar-refractivity contribution is 5.77. The summed E-state index contributed by atoms with van der Waals surface area (Å²) in [7, 11) is 2.04. The average Bonchev–Trinajstić information content (AvgIpc) is 2.16. The van der Waals surface area contributed by atoms with Gasteiger partial charge in [-0.3, -0.25) is 5.41 Å². The van der Waals surface area contributed by atoms with Crippen LogP contribution < -0.4 is 5.73 Å². The van der Waals surface area contributed by atoms with Crippen LogP contribution in [0.15, 0.2) is 0 Å². The Kier molecular flexibility index (Phi) is 8.33. The number of nitrogens with one attached hydrogen (secondary N) is 1. The Morgan fingerprint density at radius 3 is 2.67 bits per heavy atom. The van der Waals surface area contributed by atoms with Crippen molar-refractivity contribution in [1.29, 1.82) is 5.41 Å². The Bertz CT molecular complexity index is 173. The van der Waals surface area contributed by atoms with Gasteiger partial charge in [-0.2, -0.15) is 0 Å². The lowest BCUT2D eigenvalue weighted by atomic mass is 10.2. The van der Waals surface area contributed by atoms with E-state index in [2.05, 4.69) is 18.7 Å². The van der Waals surface area contributed by atoms with Crippen molar-refractivity contribution in [3.8, 4) is 0 Å². The summed E-state index contributed by atoms with van der Waals surface area (Å²) in [5, 5.41) is 7.21. The van der Waals surface area contributed by atoms with Crippen LogP contribution in [0.1, 0.15) is 33.1 Å². The summed E-state index contributed by atoms with van der Waals surface area (Å²) in [4.78, 5) is 2.17. The fourth-order valence-electron chi connectivity index (χ4n) is 1.25. The van der Waals surface area contributed by atoms with E-state index in [0.717, 1.165) is 26.2 Å². The summed E-state index contributed by atoms with van der Waals surface area (Å²) in [5.74, 6) is 0.251. The molecule has 0 aromatic carbocycles. The number of likely N-dealkylation sites (N-methyl/N-ethyl adjacent to an activating group) is 1. The third kappa shape index (κ3) is 8.39. The van der Waals surface area contributed by atoms with Gasteiger partial charge in [0.2, 0.25) is 0 Å². The SMILES string of the molecule is CCCCOCCN(C)C(C)CC(=N)N. The van der Waals surface area contributed by atoms with E-state index in [0.29, 0.717) is 12.5 Å². The molecule has 90 valence electrons. The molecule has 4 heteroatoms. The first kappa shape index (κ1) is 14.4. The van der Waals surface area contributed by atoms with E-state index in [1.54, 1.807) is 0 Å². The minimum Gasteiger partial charge on any atom is -0.388 e. The van der Waals surface area contributed by atoms with Crippen LogP contribution in [-0.2, 0) is 4.74 Å². The molecule has 1 unspecified atom stereocenters. The first-order valence-electron chi connectivity index (χ1n) is 5.68. The Balaban J connectivity index is 3.46. The molecule has 0 saturated carbocycles. The lowest BCUT2D eigenvalue weighted by Crippen LogP contribution is -2.35. The van der Waals surface area contributed by atoms with Gasteiger partial charge in [-0.05, 0) is 20.4 Å². The van der Waals surface area contributed by atoms with Crippen LogP contribution in [-0.4, -0.2) is 43.6 Å². The molecule has 0 bridgehead atoms. The average molecular weight is 215 g/mol. The molecule has 0 aromatic rings. The van der Waals surface area contributed by atoms with Gasteiger partial charge in [0.25, 0.3) is 0 Å². The molecule has 0 aliphatic heterocycles. The monoisotopic (exact) mass is 215 g/mol. The van der Waals surface area contributed by atoms with Crippen molar-refractivity contribution in [2.24, 2.45) is 5.73 Å². The summed E-state index contributed by atoms with van der Waals surface area (Å²) in [6.45, 7) is 6.75. The number of ether oxygens (including phenoxy) is 1. The smallest absolute Gasteiger partial charge is 0.0920 e. The molecule has 0 aliphatic rings. The molecule has 0 spiro atoms. The molecule has 0 rings (SSSR count). The van der Waals surface area contributed by atoms with Crippen LogP contribution in [0, 0.1) is 5.41 Å². The van der Waals surface area contributed by atoms with Crippen LogP contribution in [0.25, 0.3) is 0 Å². The molecule has 0 heterocycles. The van der Waals surface area contributed by atoms with E-state index in [1.807, 2.05) is 7.05 Å². The molecule has 0 aliphatic carbocycles. The topological polar surface area (TPSA) is 62.3 Å². The molecule has 0 amide bonds. The molecule has 0 radical (unpaired) electrons. The van der Waals surface area contributed by atoms with Gasteiger partial charge in [0.15, 0.2) is 0 Å². The highest BCUT2D eigenvalue weighted by atomic mass is 16.5. The largest absolute Gasteiger partial charge is 0.388 e. The number of hydrogen-bond donors (Lipinski definition) is 2. The Morgan fingerprint density at radius 2 is 2.13 bits per heavy atom. The predicted octanol–water partition coefficient (Wildman–Crippen LogP) is 1.45. The summed E-state index contributed by atoms with van der Waals surface area (Å²) < 4.78 is 5.47. The van der Waals surface area contributed by atoms with Crippen LogP contribution in [0.4, 0.5) is 0 Å². The Morgan fingerprint density at radius 1 is 1.47 bits per heavy atom. The van der Waals surface area contributed by atoms with Crippen molar-refractivity contribution in [3.63, 3.8) is 0 Å². The second kappa shape index (κ2) is 8.68. The summed E-state index contributed by atoms with van der Waals surface area (Å²) in [6.07, 6.45) is 2.94. The lowest BCUT2D eigenvalue weighted by Gasteiger charge is -2.23. The third-order valence-corrected chi connectivity index (χ3v) is 2.50. The lowest BCUT2D eigenvalue weighted by molar-refractivity contribution is 0.0996. The van der Waals surface area contributed by atoms with Gasteiger partial charge in [0.05, 0.1) is 12.4 Å². The van der Waals surface area contributed by atoms with Crippen LogP contribution in [0.3, 0.4) is 0 Å². The quantitative estimate of drug-likeness (QED) is 0.347. The van der Waals surface area contributed by atoms with E-state index >= 15 is 0 Å². The van der Waals surface area contributed by atoms with Crippen molar-refractivity contribution in [2.75, 3.05) is 26.8 Å². The van der Waals surface area contributed by atoms with Crippen LogP contribution in [0.5, 0.6) is 0 Å². The summed E-state index contributed by atoms with van der Waals surface area (Å²) in [5.41, 5.74) is 5.35. The van der Waals surface area contributed by atoms with E-state index in [-0.39, 0.29) is 5.84 Å². The van der Waals surface area contributed by atoms with Gasteiger partial charge < -0.3 is 15.4 Å². The fourth-order valence-corrected chi connectivity index (χ4v) is 1.25. The second-order valence-electron chi connectivity index (χ2n) is 4.02. The highest BCUT2D eigenvalue weighted by Gasteiger charge is 2.09. The minimum atomic E-state index is 0.251. The first-order valence-corrected chi connectivity index (χ1v) is 5.68. The van der Waals surface area contributed by atoms with Gasteiger partial charge >= 0.3 is 0 Å². The third-order valence-electron chi connectivity index (χ3n) is 2.50. The zero-order chi connectivity index (χ0) is 11.7. The van der Waals surface area contributed by atoms with Gasteiger partial charge in [-0.15, -0.1) is 0 Å². The maximum Gasteiger partial charge on any atom is 0.0920 e. The molecule has 1 atom stereocenters. The number of unbranched alkanes of at least 4 members (excludes halogenated alkanes) is 1. The molecular formula is C11H25N3O. The molecule has 4 nitrogen and oxygen atoms in total. The normalized spacial score (nSPS) is 13.1. The van der Waals surface area contributed by atoms with Crippen molar-refractivity contribution >= 4 is 5.84 Å². The minimum absolute atomic E-state index is 0.251. The van der Waals surface area contributed by atoms with Gasteiger partial charge in [0.1, 0.15) is 0 Å². The van der Waals surface area contributed by atoms with Gasteiger partial charge in [-0.25, -0.2) is 0 Å².